The van der Waals surface area contributed by atoms with Crippen LogP contribution in [0.5, 0.6) is 0 Å². The number of likely N-dealkylation sites (tertiary alicyclic amines) is 1. The Labute approximate surface area is 153 Å². The third kappa shape index (κ3) is 4.16. The largest absolute Gasteiger partial charge is 0.444 e. The van der Waals surface area contributed by atoms with Crippen molar-refractivity contribution in [2.45, 2.75) is 57.6 Å². The van der Waals surface area contributed by atoms with Crippen molar-refractivity contribution in [2.24, 2.45) is 5.92 Å². The number of carbonyl (C=O) groups excluding carboxylic acids is 1. The molecule has 1 spiro atoms. The number of carbonyl (C=O) groups is 1. The Morgan fingerprint density at radius 2 is 2.20 bits per heavy atom. The van der Waals surface area contributed by atoms with E-state index in [9.17, 15) is 4.79 Å². The molecule has 2 fully saturated rings. The van der Waals surface area contributed by atoms with E-state index >= 15 is 0 Å². The number of piperidine rings is 1. The van der Waals surface area contributed by atoms with Gasteiger partial charge in [0.2, 0.25) is 0 Å². The normalized spacial score (nSPS) is 21.4. The van der Waals surface area contributed by atoms with E-state index in [0.29, 0.717) is 12.2 Å². The summed E-state index contributed by atoms with van der Waals surface area (Å²) < 4.78 is 5.55. The fourth-order valence-electron chi connectivity index (χ4n) is 3.17. The monoisotopic (exact) mass is 362 g/mol. The third-order valence-electron chi connectivity index (χ3n) is 4.48. The highest BCUT2D eigenvalue weighted by Crippen LogP contribution is 2.50. The smallest absolute Gasteiger partial charge is 0.410 e. The zero-order valence-corrected chi connectivity index (χ0v) is 15.6. The number of nitrogens with zero attached hydrogens (tertiary/aromatic N) is 3. The summed E-state index contributed by atoms with van der Waals surface area (Å²) in [6, 6.07) is 0. The molecule has 2 heterocycles. The van der Waals surface area contributed by atoms with Gasteiger partial charge in [0.15, 0.2) is 10.8 Å². The standard InChI is InChI=1S/C18H23ClN4O2/c1-17(2,3)25-16(24)23-9-6-12(10-18(23)7-8-18)4-5-13-15(19)22-14(20)11-21-13/h11-12H,6-10H2,1-3H3,(H2,20,22). The quantitative estimate of drug-likeness (QED) is 0.716. The first kappa shape index (κ1) is 17.8. The Bertz CT molecular complexity index is 744. The fourth-order valence-corrected chi connectivity index (χ4v) is 3.36. The van der Waals surface area contributed by atoms with E-state index in [2.05, 4.69) is 21.8 Å². The fraction of sp³-hybridized carbons (Fsp3) is 0.611. The van der Waals surface area contributed by atoms with Crippen LogP contribution in [-0.2, 0) is 4.74 Å². The number of aromatic nitrogens is 2. The molecule has 0 aromatic carbocycles. The molecule has 1 atom stereocenters. The molecule has 134 valence electrons. The van der Waals surface area contributed by atoms with Gasteiger partial charge in [-0.2, -0.15) is 0 Å². The van der Waals surface area contributed by atoms with Crippen LogP contribution in [0.15, 0.2) is 6.20 Å². The van der Waals surface area contributed by atoms with Crippen LogP contribution in [0.3, 0.4) is 0 Å². The molecule has 1 saturated heterocycles. The summed E-state index contributed by atoms with van der Waals surface area (Å²) in [6.45, 7) is 6.33. The predicted molar refractivity (Wildman–Crippen MR) is 96.0 cm³/mol. The number of hydrogen-bond donors (Lipinski definition) is 1. The second-order valence-corrected chi connectivity index (χ2v) is 8.11. The van der Waals surface area contributed by atoms with Crippen LogP contribution in [-0.4, -0.2) is 38.6 Å². The maximum absolute atomic E-state index is 12.5. The molecule has 1 unspecified atom stereocenters. The van der Waals surface area contributed by atoms with E-state index in [1.54, 1.807) is 0 Å². The number of hydrogen-bond acceptors (Lipinski definition) is 5. The van der Waals surface area contributed by atoms with Gasteiger partial charge >= 0.3 is 6.09 Å². The molecular weight excluding hydrogens is 340 g/mol. The van der Waals surface area contributed by atoms with Crippen molar-refractivity contribution in [3.63, 3.8) is 0 Å². The summed E-state index contributed by atoms with van der Waals surface area (Å²) in [7, 11) is 0. The zero-order chi connectivity index (χ0) is 18.2. The molecule has 1 saturated carbocycles. The molecule has 7 heteroatoms. The maximum Gasteiger partial charge on any atom is 0.410 e. The molecule has 0 bridgehead atoms. The minimum Gasteiger partial charge on any atom is -0.444 e. The van der Waals surface area contributed by atoms with E-state index in [1.807, 2.05) is 25.7 Å². The van der Waals surface area contributed by atoms with Crippen LogP contribution in [0.25, 0.3) is 0 Å². The highest BCUT2D eigenvalue weighted by atomic mass is 35.5. The average molecular weight is 363 g/mol. The van der Waals surface area contributed by atoms with Crippen LogP contribution in [0.2, 0.25) is 5.15 Å². The van der Waals surface area contributed by atoms with E-state index in [1.165, 1.54) is 6.20 Å². The molecule has 3 rings (SSSR count). The van der Waals surface area contributed by atoms with Gasteiger partial charge in [-0.3, -0.25) is 0 Å². The Hall–Kier alpha value is -2.00. The first-order chi connectivity index (χ1) is 11.7. The molecule has 1 aromatic heterocycles. The summed E-state index contributed by atoms with van der Waals surface area (Å²) in [5.41, 5.74) is 5.42. The lowest BCUT2D eigenvalue weighted by Crippen LogP contribution is -2.49. The lowest BCUT2D eigenvalue weighted by molar-refractivity contribution is 0.00273. The van der Waals surface area contributed by atoms with Gasteiger partial charge in [0.05, 0.1) is 6.20 Å². The Morgan fingerprint density at radius 1 is 1.48 bits per heavy atom. The van der Waals surface area contributed by atoms with Crippen molar-refractivity contribution in [3.8, 4) is 11.8 Å². The molecule has 6 nitrogen and oxygen atoms in total. The second kappa shape index (κ2) is 6.38. The van der Waals surface area contributed by atoms with Crippen LogP contribution in [0.1, 0.15) is 52.1 Å². The first-order valence-electron chi connectivity index (χ1n) is 8.49. The third-order valence-corrected chi connectivity index (χ3v) is 4.75. The van der Waals surface area contributed by atoms with Gasteiger partial charge in [0, 0.05) is 18.0 Å². The second-order valence-electron chi connectivity index (χ2n) is 7.75. The van der Waals surface area contributed by atoms with Crippen molar-refractivity contribution in [3.05, 3.63) is 17.0 Å². The van der Waals surface area contributed by atoms with E-state index in [0.717, 1.165) is 25.7 Å². The van der Waals surface area contributed by atoms with E-state index in [4.69, 9.17) is 22.1 Å². The zero-order valence-electron chi connectivity index (χ0n) is 14.8. The molecule has 1 aromatic rings. The van der Waals surface area contributed by atoms with Crippen LogP contribution >= 0.6 is 11.6 Å². The summed E-state index contributed by atoms with van der Waals surface area (Å²) in [5, 5.41) is 0.222. The maximum atomic E-state index is 12.5. The number of rotatable bonds is 0. The Balaban J connectivity index is 1.68. The van der Waals surface area contributed by atoms with Gasteiger partial charge in [0.25, 0.3) is 0 Å². The Kier molecular flexibility index (Phi) is 4.54. The number of anilines is 1. The predicted octanol–water partition coefficient (Wildman–Crippen LogP) is 3.24. The van der Waals surface area contributed by atoms with Crippen LogP contribution in [0.4, 0.5) is 10.6 Å². The SMILES string of the molecule is CC(C)(C)OC(=O)N1CCC(C#Cc2ncc(N)nc2Cl)CC12CC2. The highest BCUT2D eigenvalue weighted by molar-refractivity contribution is 6.30. The minimum absolute atomic E-state index is 0.0868. The number of ether oxygens (including phenoxy) is 1. The lowest BCUT2D eigenvalue weighted by Gasteiger charge is -2.39. The van der Waals surface area contributed by atoms with Crippen molar-refractivity contribution in [2.75, 3.05) is 12.3 Å². The van der Waals surface area contributed by atoms with Gasteiger partial charge in [0.1, 0.15) is 11.4 Å². The van der Waals surface area contributed by atoms with E-state index in [-0.39, 0.29) is 28.5 Å². The van der Waals surface area contributed by atoms with Crippen molar-refractivity contribution in [1.82, 2.24) is 14.9 Å². The van der Waals surface area contributed by atoms with Crippen molar-refractivity contribution >= 4 is 23.5 Å². The summed E-state index contributed by atoms with van der Waals surface area (Å²) in [4.78, 5) is 22.4. The average Bonchev–Trinajstić information content (AvgIpc) is 3.24. The van der Waals surface area contributed by atoms with Crippen molar-refractivity contribution < 1.29 is 9.53 Å². The topological polar surface area (TPSA) is 81.3 Å². The molecule has 1 aliphatic heterocycles. The molecule has 0 radical (unpaired) electrons. The summed E-state index contributed by atoms with van der Waals surface area (Å²) in [5.74, 6) is 6.74. The molecule has 25 heavy (non-hydrogen) atoms. The van der Waals surface area contributed by atoms with Gasteiger partial charge in [-0.1, -0.05) is 17.5 Å². The Morgan fingerprint density at radius 3 is 2.80 bits per heavy atom. The van der Waals surface area contributed by atoms with Gasteiger partial charge in [-0.05, 0) is 52.4 Å². The lowest BCUT2D eigenvalue weighted by atomic mass is 9.89. The van der Waals surface area contributed by atoms with Crippen molar-refractivity contribution in [1.29, 1.82) is 0 Å². The molecule has 1 amide bonds. The minimum atomic E-state index is -0.478. The summed E-state index contributed by atoms with van der Waals surface area (Å²) >= 11 is 6.02. The van der Waals surface area contributed by atoms with E-state index < -0.39 is 5.60 Å². The van der Waals surface area contributed by atoms with Gasteiger partial charge in [-0.25, -0.2) is 14.8 Å². The number of amides is 1. The van der Waals surface area contributed by atoms with Gasteiger partial charge in [-0.15, -0.1) is 0 Å². The van der Waals surface area contributed by atoms with Crippen LogP contribution in [0, 0.1) is 17.8 Å². The molecule has 2 aliphatic rings. The van der Waals surface area contributed by atoms with Crippen LogP contribution < -0.4 is 5.73 Å². The van der Waals surface area contributed by atoms with Gasteiger partial charge < -0.3 is 15.4 Å². The first-order valence-corrected chi connectivity index (χ1v) is 8.86. The summed E-state index contributed by atoms with van der Waals surface area (Å²) in [6.07, 6.45) is 4.92. The molecular formula is C18H23ClN4O2. The molecule has 1 aliphatic carbocycles. The molecule has 2 N–H and O–H groups in total. The number of nitrogens with two attached hydrogens (primary N) is 1. The highest BCUT2D eigenvalue weighted by Gasteiger charge is 2.54. The number of halogens is 1. The number of nitrogen functional groups attached to an aromatic ring is 1.